The SMILES string of the molecule is CCN(CC)CC(=O)Nc1c(SC)cc(SC)cc1SC. The number of anilines is 1. The van der Waals surface area contributed by atoms with Gasteiger partial charge in [0, 0.05) is 14.7 Å². The number of amides is 1. The summed E-state index contributed by atoms with van der Waals surface area (Å²) >= 11 is 5.07. The van der Waals surface area contributed by atoms with E-state index in [-0.39, 0.29) is 5.91 Å². The van der Waals surface area contributed by atoms with Crippen LogP contribution in [0.5, 0.6) is 0 Å². The minimum absolute atomic E-state index is 0.0567. The van der Waals surface area contributed by atoms with Crippen LogP contribution in [0.1, 0.15) is 13.8 Å². The van der Waals surface area contributed by atoms with E-state index in [1.54, 1.807) is 35.3 Å². The smallest absolute Gasteiger partial charge is 0.238 e. The zero-order chi connectivity index (χ0) is 15.8. The lowest BCUT2D eigenvalue weighted by Gasteiger charge is -2.19. The Labute approximate surface area is 141 Å². The highest BCUT2D eigenvalue weighted by Gasteiger charge is 2.14. The quantitative estimate of drug-likeness (QED) is 0.717. The van der Waals surface area contributed by atoms with Gasteiger partial charge in [-0.05, 0) is 44.0 Å². The molecule has 3 nitrogen and oxygen atoms in total. The van der Waals surface area contributed by atoms with Gasteiger partial charge in [0.25, 0.3) is 0 Å². The predicted molar refractivity (Wildman–Crippen MR) is 98.2 cm³/mol. The molecule has 0 bridgehead atoms. The second-order valence-electron chi connectivity index (χ2n) is 4.42. The minimum atomic E-state index is 0.0567. The highest BCUT2D eigenvalue weighted by atomic mass is 32.2. The number of hydrogen-bond acceptors (Lipinski definition) is 5. The van der Waals surface area contributed by atoms with E-state index in [0.29, 0.717) is 6.54 Å². The summed E-state index contributed by atoms with van der Waals surface area (Å²) < 4.78 is 0. The molecule has 21 heavy (non-hydrogen) atoms. The molecule has 118 valence electrons. The van der Waals surface area contributed by atoms with Crippen LogP contribution in [-0.2, 0) is 4.79 Å². The number of nitrogens with zero attached hydrogens (tertiary/aromatic N) is 1. The summed E-state index contributed by atoms with van der Waals surface area (Å²) in [5.41, 5.74) is 0.949. The van der Waals surface area contributed by atoms with Crippen LogP contribution in [0.4, 0.5) is 5.69 Å². The van der Waals surface area contributed by atoms with Gasteiger partial charge in [-0.1, -0.05) is 13.8 Å². The van der Waals surface area contributed by atoms with Crippen LogP contribution in [0.3, 0.4) is 0 Å². The molecule has 0 saturated carbocycles. The molecule has 1 rings (SSSR count). The number of carbonyl (C=O) groups is 1. The van der Waals surface area contributed by atoms with Crippen molar-refractivity contribution in [3.05, 3.63) is 12.1 Å². The van der Waals surface area contributed by atoms with Crippen molar-refractivity contribution < 1.29 is 4.79 Å². The first-order valence-corrected chi connectivity index (χ1v) is 10.6. The number of hydrogen-bond donors (Lipinski definition) is 1. The molecular formula is C15H24N2OS3. The van der Waals surface area contributed by atoms with Crippen molar-refractivity contribution in [2.24, 2.45) is 0 Å². The molecule has 0 atom stereocenters. The van der Waals surface area contributed by atoms with Gasteiger partial charge in [0.05, 0.1) is 12.2 Å². The van der Waals surface area contributed by atoms with Crippen LogP contribution in [0.15, 0.2) is 26.8 Å². The van der Waals surface area contributed by atoms with E-state index in [2.05, 4.69) is 42.5 Å². The van der Waals surface area contributed by atoms with Crippen molar-refractivity contribution in [3.63, 3.8) is 0 Å². The lowest BCUT2D eigenvalue weighted by atomic mass is 10.3. The first-order chi connectivity index (χ1) is 10.1. The van der Waals surface area contributed by atoms with Gasteiger partial charge in [0.1, 0.15) is 0 Å². The highest BCUT2D eigenvalue weighted by molar-refractivity contribution is 8.00. The molecular weight excluding hydrogens is 320 g/mol. The Hall–Kier alpha value is -0.300. The van der Waals surface area contributed by atoms with E-state index in [1.807, 2.05) is 12.5 Å². The van der Waals surface area contributed by atoms with E-state index in [9.17, 15) is 4.79 Å². The zero-order valence-corrected chi connectivity index (χ0v) is 15.8. The second kappa shape index (κ2) is 9.66. The summed E-state index contributed by atoms with van der Waals surface area (Å²) in [6, 6.07) is 4.28. The zero-order valence-electron chi connectivity index (χ0n) is 13.4. The van der Waals surface area contributed by atoms with Gasteiger partial charge in [-0.25, -0.2) is 0 Å². The van der Waals surface area contributed by atoms with Crippen LogP contribution in [0.25, 0.3) is 0 Å². The van der Waals surface area contributed by atoms with Crippen molar-refractivity contribution in [2.45, 2.75) is 28.5 Å². The molecule has 0 radical (unpaired) electrons. The predicted octanol–water partition coefficient (Wildman–Crippen LogP) is 4.13. The summed E-state index contributed by atoms with van der Waals surface area (Å²) in [6.45, 7) is 6.37. The third kappa shape index (κ3) is 5.43. The number of rotatable bonds is 8. The van der Waals surface area contributed by atoms with Gasteiger partial charge in [0.2, 0.25) is 5.91 Å². The molecule has 1 aromatic rings. The standard InChI is InChI=1S/C15H24N2OS3/c1-6-17(7-2)10-14(18)16-15-12(20-4)8-11(19-3)9-13(15)21-5/h8-9H,6-7,10H2,1-5H3,(H,16,18). The highest BCUT2D eigenvalue weighted by Crippen LogP contribution is 2.38. The number of likely N-dealkylation sites (N-methyl/N-ethyl adjacent to an activating group) is 1. The third-order valence-corrected chi connectivity index (χ3v) is 5.47. The van der Waals surface area contributed by atoms with Crippen LogP contribution in [-0.4, -0.2) is 49.2 Å². The van der Waals surface area contributed by atoms with E-state index >= 15 is 0 Å². The van der Waals surface area contributed by atoms with Gasteiger partial charge in [-0.15, -0.1) is 35.3 Å². The van der Waals surface area contributed by atoms with E-state index < -0.39 is 0 Å². The van der Waals surface area contributed by atoms with Crippen molar-refractivity contribution in [1.29, 1.82) is 0 Å². The summed E-state index contributed by atoms with van der Waals surface area (Å²) in [7, 11) is 0. The van der Waals surface area contributed by atoms with Gasteiger partial charge in [-0.2, -0.15) is 0 Å². The van der Waals surface area contributed by atoms with Crippen LogP contribution < -0.4 is 5.32 Å². The lowest BCUT2D eigenvalue weighted by Crippen LogP contribution is -2.33. The minimum Gasteiger partial charge on any atom is -0.323 e. The molecule has 1 N–H and O–H groups in total. The fourth-order valence-electron chi connectivity index (χ4n) is 1.96. The Kier molecular flexibility index (Phi) is 8.63. The van der Waals surface area contributed by atoms with Crippen molar-refractivity contribution in [1.82, 2.24) is 4.90 Å². The molecule has 1 amide bonds. The molecule has 0 aromatic heterocycles. The number of benzene rings is 1. The second-order valence-corrected chi connectivity index (χ2v) is 6.99. The number of nitrogens with one attached hydrogen (secondary N) is 1. The van der Waals surface area contributed by atoms with Crippen LogP contribution in [0, 0.1) is 0 Å². The first kappa shape index (κ1) is 18.7. The van der Waals surface area contributed by atoms with Gasteiger partial charge >= 0.3 is 0 Å². The topological polar surface area (TPSA) is 32.3 Å². The molecule has 0 spiro atoms. The molecule has 6 heteroatoms. The van der Waals surface area contributed by atoms with E-state index in [1.165, 1.54) is 4.90 Å². The molecule has 0 aliphatic rings. The van der Waals surface area contributed by atoms with Gasteiger partial charge in [0.15, 0.2) is 0 Å². The maximum absolute atomic E-state index is 12.3. The third-order valence-electron chi connectivity index (χ3n) is 3.24. The molecule has 0 fully saturated rings. The normalized spacial score (nSPS) is 11.0. The monoisotopic (exact) mass is 344 g/mol. The molecule has 0 aliphatic heterocycles. The Balaban J connectivity index is 2.98. The van der Waals surface area contributed by atoms with Crippen molar-refractivity contribution in [3.8, 4) is 0 Å². The summed E-state index contributed by atoms with van der Waals surface area (Å²) in [6.07, 6.45) is 6.16. The molecule has 0 unspecified atom stereocenters. The van der Waals surface area contributed by atoms with Crippen molar-refractivity contribution in [2.75, 3.05) is 43.7 Å². The van der Waals surface area contributed by atoms with Gasteiger partial charge < -0.3 is 5.32 Å². The Morgan fingerprint density at radius 3 is 1.95 bits per heavy atom. The number of thioether (sulfide) groups is 3. The Bertz CT molecular complexity index is 451. The molecule has 0 heterocycles. The van der Waals surface area contributed by atoms with Crippen molar-refractivity contribution >= 4 is 46.9 Å². The average Bonchev–Trinajstić information content (AvgIpc) is 2.52. The fraction of sp³-hybridized carbons (Fsp3) is 0.533. The Morgan fingerprint density at radius 1 is 1.05 bits per heavy atom. The van der Waals surface area contributed by atoms with Crippen LogP contribution in [0.2, 0.25) is 0 Å². The summed E-state index contributed by atoms with van der Waals surface area (Å²) in [5.74, 6) is 0.0567. The molecule has 1 aromatic carbocycles. The number of carbonyl (C=O) groups excluding carboxylic acids is 1. The van der Waals surface area contributed by atoms with Crippen LogP contribution >= 0.6 is 35.3 Å². The fourth-order valence-corrected chi connectivity index (χ4v) is 3.86. The first-order valence-electron chi connectivity index (χ1n) is 6.91. The summed E-state index contributed by atoms with van der Waals surface area (Å²) in [4.78, 5) is 17.8. The molecule has 0 aliphatic carbocycles. The largest absolute Gasteiger partial charge is 0.323 e. The molecule has 0 saturated heterocycles. The lowest BCUT2D eigenvalue weighted by molar-refractivity contribution is -0.117. The Morgan fingerprint density at radius 2 is 1.57 bits per heavy atom. The van der Waals surface area contributed by atoms with E-state index in [4.69, 9.17) is 0 Å². The maximum atomic E-state index is 12.3. The van der Waals surface area contributed by atoms with Gasteiger partial charge in [-0.3, -0.25) is 9.69 Å². The summed E-state index contributed by atoms with van der Waals surface area (Å²) in [5, 5.41) is 3.10. The average molecular weight is 345 g/mol. The van der Waals surface area contributed by atoms with E-state index in [0.717, 1.165) is 28.6 Å². The maximum Gasteiger partial charge on any atom is 0.238 e.